The maximum Gasteiger partial charge on any atom is 0.264 e. The van der Waals surface area contributed by atoms with Crippen LogP contribution >= 0.6 is 0 Å². The van der Waals surface area contributed by atoms with Crippen molar-refractivity contribution in [2.45, 2.75) is 70.9 Å². The monoisotopic (exact) mass is 798 g/mol. The molecule has 0 saturated carbocycles. The minimum absolute atomic E-state index is 0.0237. The molecule has 2 aliphatic rings. The van der Waals surface area contributed by atoms with E-state index in [-0.39, 0.29) is 48.7 Å². The second-order valence-corrected chi connectivity index (χ2v) is 13.9. The number of pyridine rings is 1. The molecule has 1 fully saturated rings. The van der Waals surface area contributed by atoms with Crippen LogP contribution in [0, 0.1) is 11.6 Å². The largest absolute Gasteiger partial charge is 0.384 e. The van der Waals surface area contributed by atoms with Crippen LogP contribution in [0.5, 0.6) is 0 Å². The highest BCUT2D eigenvalue weighted by Crippen LogP contribution is 2.32. The van der Waals surface area contributed by atoms with Crippen LogP contribution in [0.3, 0.4) is 0 Å². The molecule has 5 N–H and O–H groups in total. The summed E-state index contributed by atoms with van der Waals surface area (Å²) in [6, 6.07) is 9.90. The molecule has 0 spiro atoms. The molecule has 2 aromatic heterocycles. The summed E-state index contributed by atoms with van der Waals surface area (Å²) in [5, 5.41) is 20.8. The average Bonchev–Trinajstić information content (AvgIpc) is 3.78. The summed E-state index contributed by atoms with van der Waals surface area (Å²) >= 11 is 0. The molecule has 2 aromatic carbocycles. The second kappa shape index (κ2) is 17.9. The van der Waals surface area contributed by atoms with Gasteiger partial charge in [-0.3, -0.25) is 43.8 Å². The molecule has 1 unspecified atom stereocenters. The predicted octanol–water partition coefficient (Wildman–Crippen LogP) is 3.97. The zero-order valence-corrected chi connectivity index (χ0v) is 31.6. The van der Waals surface area contributed by atoms with E-state index in [4.69, 9.17) is 0 Å². The van der Waals surface area contributed by atoms with Crippen molar-refractivity contribution in [1.82, 2.24) is 35.3 Å². The van der Waals surface area contributed by atoms with E-state index in [1.54, 1.807) is 35.2 Å². The van der Waals surface area contributed by atoms with E-state index >= 15 is 0 Å². The molecule has 19 heteroatoms. The van der Waals surface area contributed by atoms with Gasteiger partial charge in [-0.15, -0.1) is 10.2 Å². The van der Waals surface area contributed by atoms with E-state index in [0.29, 0.717) is 55.6 Å². The van der Waals surface area contributed by atoms with Gasteiger partial charge >= 0.3 is 0 Å². The van der Waals surface area contributed by atoms with Crippen LogP contribution in [0.2, 0.25) is 0 Å². The number of piperidine rings is 1. The fraction of sp³-hybridized carbons (Fsp3) is 0.333. The molecular weight excluding hydrogens is 758 g/mol. The number of rotatable bonds is 16. The third kappa shape index (κ3) is 9.20. The number of anilines is 3. The van der Waals surface area contributed by atoms with Crippen LogP contribution < -0.4 is 26.6 Å². The number of amides is 7. The van der Waals surface area contributed by atoms with Gasteiger partial charge in [-0.2, -0.15) is 0 Å². The van der Waals surface area contributed by atoms with Gasteiger partial charge in [0.1, 0.15) is 35.5 Å². The van der Waals surface area contributed by atoms with Crippen molar-refractivity contribution in [3.8, 4) is 11.5 Å². The Kier molecular flexibility index (Phi) is 12.6. The smallest absolute Gasteiger partial charge is 0.264 e. The summed E-state index contributed by atoms with van der Waals surface area (Å²) < 4.78 is 31.1. The quantitative estimate of drug-likeness (QED) is 0.0805. The van der Waals surface area contributed by atoms with Crippen LogP contribution in [0.4, 0.5) is 26.0 Å². The van der Waals surface area contributed by atoms with Crippen molar-refractivity contribution in [2.24, 2.45) is 0 Å². The highest BCUT2D eigenvalue weighted by atomic mass is 19.1. The molecule has 1 saturated heterocycles. The Balaban J connectivity index is 0.914. The van der Waals surface area contributed by atoms with Gasteiger partial charge in [-0.05, 0) is 69.9 Å². The van der Waals surface area contributed by atoms with Gasteiger partial charge in [0.2, 0.25) is 23.6 Å². The van der Waals surface area contributed by atoms with Gasteiger partial charge in [0.05, 0.1) is 22.4 Å². The normalized spacial score (nSPS) is 15.0. The van der Waals surface area contributed by atoms with Crippen LogP contribution in [-0.2, 0) is 19.2 Å². The van der Waals surface area contributed by atoms with Crippen LogP contribution in [0.15, 0.2) is 54.9 Å². The molecule has 0 bridgehead atoms. The van der Waals surface area contributed by atoms with Crippen molar-refractivity contribution in [2.75, 3.05) is 29.0 Å². The lowest BCUT2D eigenvalue weighted by molar-refractivity contribution is -0.136. The molecule has 302 valence electrons. The maximum absolute atomic E-state index is 14.7. The van der Waals surface area contributed by atoms with Crippen molar-refractivity contribution < 1.29 is 42.3 Å². The van der Waals surface area contributed by atoms with E-state index in [0.717, 1.165) is 11.0 Å². The number of unbranched alkanes of at least 4 members (excludes halogenated alkanes) is 2. The number of benzene rings is 2. The van der Waals surface area contributed by atoms with E-state index in [1.807, 2.05) is 13.8 Å². The standard InChI is InChI=1S/C39H40F2N10O7/c1-21(2)50-20-44-49-35(50)27-10-7-11-30(45-27)47-36(55)23-18-28(25(41)19-24(23)40)46-32(53)15-14-31(52)43-17-5-3-4-16-42-26-9-6-8-22-34(26)39(58)51(38(22)57)29-12-13-33(54)48-37(29)56/h6-11,18-21,29,42H,3-5,12-17H2,1-2H3,(H,43,52)(H,46,53)(H,45,47,55)(H,48,54,56). The fourth-order valence-corrected chi connectivity index (χ4v) is 6.50. The number of fused-ring (bicyclic) bond motifs is 1. The Bertz CT molecular complexity index is 2300. The fourth-order valence-electron chi connectivity index (χ4n) is 6.50. The lowest BCUT2D eigenvalue weighted by Gasteiger charge is -2.27. The van der Waals surface area contributed by atoms with E-state index < -0.39 is 70.3 Å². The number of carbonyl (C=O) groups is 7. The number of aromatic nitrogens is 4. The minimum atomic E-state index is -1.16. The summed E-state index contributed by atoms with van der Waals surface area (Å²) in [6.07, 6.45) is 3.03. The van der Waals surface area contributed by atoms with Gasteiger partial charge in [0, 0.05) is 50.1 Å². The number of halogens is 2. The van der Waals surface area contributed by atoms with Gasteiger partial charge in [0.15, 0.2) is 5.82 Å². The molecule has 7 amide bonds. The molecule has 4 heterocycles. The minimum Gasteiger partial charge on any atom is -0.384 e. The first-order chi connectivity index (χ1) is 27.8. The molecule has 6 rings (SSSR count). The van der Waals surface area contributed by atoms with Crippen LogP contribution in [0.25, 0.3) is 11.5 Å². The first-order valence-electron chi connectivity index (χ1n) is 18.6. The molecular formula is C39H40F2N10O7. The zero-order chi connectivity index (χ0) is 41.5. The van der Waals surface area contributed by atoms with Crippen LogP contribution in [-0.4, -0.2) is 85.1 Å². The number of nitrogens with zero attached hydrogens (tertiary/aromatic N) is 5. The molecule has 0 radical (unpaired) electrons. The van der Waals surface area contributed by atoms with Crippen molar-refractivity contribution >= 4 is 58.5 Å². The third-order valence-corrected chi connectivity index (χ3v) is 9.46. The molecule has 58 heavy (non-hydrogen) atoms. The Hall–Kier alpha value is -6.92. The van der Waals surface area contributed by atoms with E-state index in [1.165, 1.54) is 12.1 Å². The SMILES string of the molecule is CC(C)n1cnnc1-c1cccc(NC(=O)c2cc(NC(=O)CCC(=O)NCCCCCNc3cccc4c3C(=O)N(C3CCC(=O)NC3=O)C4=O)c(F)cc2F)n1. The highest BCUT2D eigenvalue weighted by molar-refractivity contribution is 6.25. The van der Waals surface area contributed by atoms with E-state index in [2.05, 4.69) is 41.8 Å². The first kappa shape index (κ1) is 40.7. The number of nitrogens with one attached hydrogen (secondary N) is 5. The van der Waals surface area contributed by atoms with Gasteiger partial charge in [0.25, 0.3) is 17.7 Å². The summed E-state index contributed by atoms with van der Waals surface area (Å²) in [7, 11) is 0. The lowest BCUT2D eigenvalue weighted by atomic mass is 10.0. The zero-order valence-electron chi connectivity index (χ0n) is 31.6. The van der Waals surface area contributed by atoms with Crippen LogP contribution in [0.1, 0.15) is 95.9 Å². The second-order valence-electron chi connectivity index (χ2n) is 13.9. The topological polar surface area (TPSA) is 226 Å². The molecule has 4 aromatic rings. The Morgan fingerprint density at radius 3 is 2.41 bits per heavy atom. The number of imide groups is 2. The Morgan fingerprint density at radius 2 is 1.64 bits per heavy atom. The summed E-state index contributed by atoms with van der Waals surface area (Å²) in [5.41, 5.74) is 0.202. The number of hydrogen-bond acceptors (Lipinski definition) is 11. The summed E-state index contributed by atoms with van der Waals surface area (Å²) in [5.74, 6) is -6.16. The number of hydrogen-bond donors (Lipinski definition) is 5. The molecule has 17 nitrogen and oxygen atoms in total. The van der Waals surface area contributed by atoms with Crippen molar-refractivity contribution in [3.63, 3.8) is 0 Å². The highest BCUT2D eigenvalue weighted by Gasteiger charge is 2.45. The van der Waals surface area contributed by atoms with Crippen molar-refractivity contribution in [3.05, 3.63) is 83.2 Å². The number of carbonyl (C=O) groups excluding carboxylic acids is 7. The molecule has 1 atom stereocenters. The van der Waals surface area contributed by atoms with Crippen molar-refractivity contribution in [1.29, 1.82) is 0 Å². The Labute approximate surface area is 330 Å². The average molecular weight is 799 g/mol. The molecule has 0 aliphatic carbocycles. The van der Waals surface area contributed by atoms with Gasteiger partial charge < -0.3 is 25.8 Å². The third-order valence-electron chi connectivity index (χ3n) is 9.46. The Morgan fingerprint density at radius 1 is 0.879 bits per heavy atom. The summed E-state index contributed by atoms with van der Waals surface area (Å²) in [4.78, 5) is 93.5. The predicted molar refractivity (Wildman–Crippen MR) is 204 cm³/mol. The molecule has 2 aliphatic heterocycles. The van der Waals surface area contributed by atoms with E-state index in [9.17, 15) is 42.3 Å². The lowest BCUT2D eigenvalue weighted by Crippen LogP contribution is -2.54. The first-order valence-corrected chi connectivity index (χ1v) is 18.6. The summed E-state index contributed by atoms with van der Waals surface area (Å²) in [6.45, 7) is 4.63. The van der Waals surface area contributed by atoms with Gasteiger partial charge in [-0.1, -0.05) is 12.1 Å². The maximum atomic E-state index is 14.7. The van der Waals surface area contributed by atoms with Gasteiger partial charge in [-0.25, -0.2) is 13.8 Å².